The second kappa shape index (κ2) is 7.85. The summed E-state index contributed by atoms with van der Waals surface area (Å²) in [5.41, 5.74) is 1.91. The molecule has 0 fully saturated rings. The number of halogens is 1. The van der Waals surface area contributed by atoms with E-state index in [9.17, 15) is 4.79 Å². The molecule has 36 heavy (non-hydrogen) atoms. The van der Waals surface area contributed by atoms with E-state index in [0.29, 0.717) is 47.3 Å². The number of para-hydroxylation sites is 1. The Kier molecular flexibility index (Phi) is 4.58. The Labute approximate surface area is 207 Å². The number of rotatable bonds is 3. The Balaban J connectivity index is 1.47. The maximum absolute atomic E-state index is 16.2. The number of alkyl halides is 1. The smallest absolute Gasteiger partial charge is 0.261 e. The number of ether oxygens (including phenoxy) is 3. The van der Waals surface area contributed by atoms with Gasteiger partial charge in [0.05, 0.1) is 6.04 Å². The van der Waals surface area contributed by atoms with Crippen LogP contribution in [0.4, 0.5) is 10.1 Å². The first kappa shape index (κ1) is 21.0. The molecule has 0 aliphatic carbocycles. The van der Waals surface area contributed by atoms with Crippen molar-refractivity contribution in [3.63, 3.8) is 0 Å². The predicted octanol–water partition coefficient (Wildman–Crippen LogP) is 5.57. The fourth-order valence-electron chi connectivity index (χ4n) is 5.73. The van der Waals surface area contributed by atoms with Crippen molar-refractivity contribution in [1.82, 2.24) is 0 Å². The van der Waals surface area contributed by atoms with Crippen LogP contribution in [0.5, 0.6) is 17.2 Å². The van der Waals surface area contributed by atoms with E-state index < -0.39 is 17.8 Å². The van der Waals surface area contributed by atoms with Crippen LogP contribution in [0.25, 0.3) is 0 Å². The molecule has 7 rings (SSSR count). The predicted molar refractivity (Wildman–Crippen MR) is 132 cm³/mol. The first-order valence-electron chi connectivity index (χ1n) is 12.0. The van der Waals surface area contributed by atoms with E-state index in [1.165, 1.54) is 0 Å². The summed E-state index contributed by atoms with van der Waals surface area (Å²) in [5, 5.41) is 0. The van der Waals surface area contributed by atoms with Crippen molar-refractivity contribution in [2.24, 2.45) is 0 Å². The highest BCUT2D eigenvalue weighted by molar-refractivity contribution is 6.12. The Morgan fingerprint density at radius 1 is 0.750 bits per heavy atom. The molecule has 4 aromatic carbocycles. The van der Waals surface area contributed by atoms with Crippen LogP contribution in [0.2, 0.25) is 0 Å². The highest BCUT2D eigenvalue weighted by Crippen LogP contribution is 2.59. The zero-order valence-electron chi connectivity index (χ0n) is 19.3. The second-order valence-corrected chi connectivity index (χ2v) is 9.15. The van der Waals surface area contributed by atoms with Gasteiger partial charge in [-0.25, -0.2) is 0 Å². The molecule has 0 N–H and O–H groups in total. The fraction of sp³-hybridized carbons (Fsp3) is 0.167. The van der Waals surface area contributed by atoms with Crippen LogP contribution in [0.3, 0.4) is 0 Å². The summed E-state index contributed by atoms with van der Waals surface area (Å²) in [4.78, 5) is 16.4. The third-order valence-corrected chi connectivity index (χ3v) is 7.27. The van der Waals surface area contributed by atoms with Crippen LogP contribution in [-0.2, 0) is 10.2 Å². The Hall–Kier alpha value is -4.32. The molecular weight excluding hydrogens is 457 g/mol. The Bertz CT molecular complexity index is 1440. The normalized spacial score (nSPS) is 21.4. The molecule has 178 valence electrons. The van der Waals surface area contributed by atoms with Gasteiger partial charge in [0.25, 0.3) is 6.36 Å². The molecule has 0 saturated carbocycles. The maximum Gasteiger partial charge on any atom is 0.261 e. The minimum Gasteiger partial charge on any atom is -0.486 e. The topological polar surface area (TPSA) is 48.0 Å². The second-order valence-electron chi connectivity index (χ2n) is 9.15. The number of anilines is 1. The minimum atomic E-state index is -1.90. The molecule has 0 bridgehead atoms. The van der Waals surface area contributed by atoms with Crippen molar-refractivity contribution in [3.05, 3.63) is 119 Å². The molecule has 0 radical (unpaired) electrons. The van der Waals surface area contributed by atoms with Crippen LogP contribution in [0.1, 0.15) is 28.3 Å². The average Bonchev–Trinajstić information content (AvgIpc) is 3.36. The fourth-order valence-corrected chi connectivity index (χ4v) is 5.73. The number of carbonyl (C=O) groups is 1. The molecule has 4 aromatic rings. The highest BCUT2D eigenvalue weighted by Gasteiger charge is 2.64. The van der Waals surface area contributed by atoms with Crippen LogP contribution in [0, 0.1) is 0 Å². The number of hydrogen-bond donors (Lipinski definition) is 0. The third kappa shape index (κ3) is 2.78. The molecule has 3 aliphatic rings. The summed E-state index contributed by atoms with van der Waals surface area (Å²) in [7, 11) is 0. The SMILES string of the molecule is O=C1N(C(c2ccccc2)c2ccccc2)c2ccccc2C12c1cc3c(cc1OC2F)OCCO3. The van der Waals surface area contributed by atoms with E-state index in [0.717, 1.165) is 11.1 Å². The monoisotopic (exact) mass is 479 g/mol. The quantitative estimate of drug-likeness (QED) is 0.386. The van der Waals surface area contributed by atoms with E-state index in [4.69, 9.17) is 14.2 Å². The molecule has 3 aliphatic heterocycles. The Morgan fingerprint density at radius 3 is 2.00 bits per heavy atom. The van der Waals surface area contributed by atoms with Crippen molar-refractivity contribution in [1.29, 1.82) is 0 Å². The van der Waals surface area contributed by atoms with Gasteiger partial charge < -0.3 is 14.2 Å². The van der Waals surface area contributed by atoms with Gasteiger partial charge in [-0.05, 0) is 23.3 Å². The molecule has 2 atom stereocenters. The van der Waals surface area contributed by atoms with E-state index >= 15 is 4.39 Å². The van der Waals surface area contributed by atoms with Crippen LogP contribution >= 0.6 is 0 Å². The van der Waals surface area contributed by atoms with E-state index in [1.807, 2.05) is 84.9 Å². The average molecular weight is 480 g/mol. The summed E-state index contributed by atoms with van der Waals surface area (Å²) in [6.45, 7) is 0.792. The molecule has 6 heteroatoms. The highest BCUT2D eigenvalue weighted by atomic mass is 19.1. The zero-order chi connectivity index (χ0) is 24.3. The Morgan fingerprint density at radius 2 is 1.33 bits per heavy atom. The summed E-state index contributed by atoms with van der Waals surface area (Å²) < 4.78 is 33.4. The molecule has 0 saturated heterocycles. The third-order valence-electron chi connectivity index (χ3n) is 7.27. The standard InChI is InChI=1S/C30H22FNO4/c31-28-30(22-17-25-26(18-24(22)36-28)35-16-15-34-25)21-13-7-8-14-23(21)32(29(30)33)27(19-9-3-1-4-10-19)20-11-5-2-6-12-20/h1-14,17-18,27-28H,15-16H2. The molecule has 5 nitrogen and oxygen atoms in total. The van der Waals surface area contributed by atoms with Crippen LogP contribution in [-0.4, -0.2) is 25.5 Å². The lowest BCUT2D eigenvalue weighted by Gasteiger charge is -2.32. The molecule has 1 amide bonds. The van der Waals surface area contributed by atoms with Gasteiger partial charge in [0, 0.05) is 22.9 Å². The van der Waals surface area contributed by atoms with Gasteiger partial charge in [-0.1, -0.05) is 78.9 Å². The molecular formula is C30H22FNO4. The van der Waals surface area contributed by atoms with Gasteiger partial charge >= 0.3 is 0 Å². The van der Waals surface area contributed by atoms with Crippen molar-refractivity contribution in [2.45, 2.75) is 17.8 Å². The lowest BCUT2D eigenvalue weighted by Crippen LogP contribution is -2.47. The van der Waals surface area contributed by atoms with Gasteiger partial charge in [-0.2, -0.15) is 4.39 Å². The van der Waals surface area contributed by atoms with Gasteiger partial charge in [-0.15, -0.1) is 0 Å². The maximum atomic E-state index is 16.2. The largest absolute Gasteiger partial charge is 0.486 e. The first-order valence-corrected chi connectivity index (χ1v) is 12.0. The van der Waals surface area contributed by atoms with Gasteiger partial charge in [0.15, 0.2) is 16.9 Å². The van der Waals surface area contributed by atoms with Crippen LogP contribution < -0.4 is 19.1 Å². The number of carbonyl (C=O) groups excluding carboxylic acids is 1. The number of nitrogens with zero attached hydrogens (tertiary/aromatic N) is 1. The number of fused-ring (bicyclic) bond motifs is 5. The summed E-state index contributed by atoms with van der Waals surface area (Å²) >= 11 is 0. The van der Waals surface area contributed by atoms with Crippen LogP contribution in [0.15, 0.2) is 97.1 Å². The van der Waals surface area contributed by atoms with E-state index in [-0.39, 0.29) is 5.91 Å². The molecule has 0 aromatic heterocycles. The van der Waals surface area contributed by atoms with E-state index in [1.54, 1.807) is 17.0 Å². The van der Waals surface area contributed by atoms with Gasteiger partial charge in [0.2, 0.25) is 5.91 Å². The molecule has 2 unspecified atom stereocenters. The number of hydrogen-bond acceptors (Lipinski definition) is 4. The lowest BCUT2D eigenvalue weighted by molar-refractivity contribution is -0.127. The molecule has 3 heterocycles. The lowest BCUT2D eigenvalue weighted by atomic mass is 9.76. The van der Waals surface area contributed by atoms with Crippen molar-refractivity contribution in [2.75, 3.05) is 18.1 Å². The van der Waals surface area contributed by atoms with Crippen molar-refractivity contribution in [3.8, 4) is 17.2 Å². The van der Waals surface area contributed by atoms with Gasteiger partial charge in [-0.3, -0.25) is 9.69 Å². The number of amides is 1. The van der Waals surface area contributed by atoms with Crippen molar-refractivity contribution >= 4 is 11.6 Å². The molecule has 1 spiro atoms. The summed E-state index contributed by atoms with van der Waals surface area (Å²) in [6, 6.07) is 29.9. The van der Waals surface area contributed by atoms with Crippen molar-refractivity contribution < 1.29 is 23.4 Å². The number of benzene rings is 4. The zero-order valence-corrected chi connectivity index (χ0v) is 19.3. The van der Waals surface area contributed by atoms with Gasteiger partial charge in [0.1, 0.15) is 19.0 Å². The summed E-state index contributed by atoms with van der Waals surface area (Å²) in [6.07, 6.45) is -1.90. The first-order chi connectivity index (χ1) is 17.7. The summed E-state index contributed by atoms with van der Waals surface area (Å²) in [5.74, 6) is 0.909. The van der Waals surface area contributed by atoms with E-state index in [2.05, 4.69) is 0 Å². The minimum absolute atomic E-state index is 0.299.